The Morgan fingerprint density at radius 3 is 2.76 bits per heavy atom. The smallest absolute Gasteiger partial charge is 0.311 e. The van der Waals surface area contributed by atoms with Gasteiger partial charge in [0.1, 0.15) is 0 Å². The predicted molar refractivity (Wildman–Crippen MR) is 62.0 cm³/mol. The van der Waals surface area contributed by atoms with Crippen molar-refractivity contribution in [2.24, 2.45) is 5.41 Å². The van der Waals surface area contributed by atoms with Gasteiger partial charge in [-0.3, -0.25) is 9.69 Å². The second kappa shape index (κ2) is 5.33. The van der Waals surface area contributed by atoms with E-state index in [0.29, 0.717) is 32.6 Å². The van der Waals surface area contributed by atoms with E-state index < -0.39 is 11.4 Å². The summed E-state index contributed by atoms with van der Waals surface area (Å²) in [5, 5.41) is 9.46. The molecule has 5 heteroatoms. The van der Waals surface area contributed by atoms with Crippen LogP contribution in [0.25, 0.3) is 0 Å². The number of nitrogens with zero attached hydrogens (tertiary/aromatic N) is 1. The van der Waals surface area contributed by atoms with Gasteiger partial charge in [-0.2, -0.15) is 0 Å². The third-order valence-electron chi connectivity index (χ3n) is 3.99. The Kier molecular flexibility index (Phi) is 4.01. The number of carboxylic acids is 1. The van der Waals surface area contributed by atoms with E-state index in [-0.39, 0.29) is 6.10 Å². The summed E-state index contributed by atoms with van der Waals surface area (Å²) in [6.45, 7) is 3.55. The first-order chi connectivity index (χ1) is 8.16. The molecular formula is C12H21NO4. The lowest BCUT2D eigenvalue weighted by Gasteiger charge is -2.36. The Bertz CT molecular complexity index is 276. The monoisotopic (exact) mass is 243 g/mol. The summed E-state index contributed by atoms with van der Waals surface area (Å²) in [7, 11) is 1.72. The van der Waals surface area contributed by atoms with Gasteiger partial charge in [0, 0.05) is 40.0 Å². The SMILES string of the molecule is COC1CCN(CC2(C(=O)O)CCOCC2)C1. The van der Waals surface area contributed by atoms with Crippen LogP contribution in [-0.4, -0.2) is 62.0 Å². The highest BCUT2D eigenvalue weighted by Crippen LogP contribution is 2.33. The maximum absolute atomic E-state index is 11.5. The van der Waals surface area contributed by atoms with Crippen molar-refractivity contribution < 1.29 is 19.4 Å². The van der Waals surface area contributed by atoms with Crippen molar-refractivity contribution in [1.29, 1.82) is 0 Å². The molecule has 17 heavy (non-hydrogen) atoms. The van der Waals surface area contributed by atoms with Gasteiger partial charge < -0.3 is 14.6 Å². The largest absolute Gasteiger partial charge is 0.481 e. The maximum Gasteiger partial charge on any atom is 0.311 e. The Hall–Kier alpha value is -0.650. The number of methoxy groups -OCH3 is 1. The van der Waals surface area contributed by atoms with Crippen LogP contribution in [0.4, 0.5) is 0 Å². The van der Waals surface area contributed by atoms with E-state index in [1.165, 1.54) is 0 Å². The summed E-state index contributed by atoms with van der Waals surface area (Å²) >= 11 is 0. The van der Waals surface area contributed by atoms with Gasteiger partial charge in [0.2, 0.25) is 0 Å². The number of rotatable bonds is 4. The van der Waals surface area contributed by atoms with E-state index in [1.807, 2.05) is 0 Å². The molecule has 2 fully saturated rings. The molecule has 2 saturated heterocycles. The molecule has 2 aliphatic heterocycles. The molecule has 2 aliphatic rings. The molecule has 1 unspecified atom stereocenters. The third-order valence-corrected chi connectivity index (χ3v) is 3.99. The van der Waals surface area contributed by atoms with Crippen LogP contribution in [-0.2, 0) is 14.3 Å². The zero-order valence-electron chi connectivity index (χ0n) is 10.4. The molecule has 0 aliphatic carbocycles. The molecular weight excluding hydrogens is 222 g/mol. The van der Waals surface area contributed by atoms with E-state index in [4.69, 9.17) is 9.47 Å². The zero-order chi connectivity index (χ0) is 12.3. The van der Waals surface area contributed by atoms with Crippen molar-refractivity contribution in [1.82, 2.24) is 4.90 Å². The molecule has 0 radical (unpaired) electrons. The number of likely N-dealkylation sites (tertiary alicyclic amines) is 1. The molecule has 1 N–H and O–H groups in total. The van der Waals surface area contributed by atoms with Crippen molar-refractivity contribution in [3.63, 3.8) is 0 Å². The Morgan fingerprint density at radius 2 is 2.24 bits per heavy atom. The fourth-order valence-electron chi connectivity index (χ4n) is 2.76. The number of carbonyl (C=O) groups is 1. The molecule has 0 amide bonds. The van der Waals surface area contributed by atoms with E-state index in [2.05, 4.69) is 4.90 Å². The molecule has 0 aromatic carbocycles. The lowest BCUT2D eigenvalue weighted by atomic mass is 9.80. The summed E-state index contributed by atoms with van der Waals surface area (Å²) in [4.78, 5) is 13.7. The number of hydrogen-bond donors (Lipinski definition) is 1. The zero-order valence-corrected chi connectivity index (χ0v) is 10.4. The Morgan fingerprint density at radius 1 is 1.53 bits per heavy atom. The molecule has 0 aromatic rings. The van der Waals surface area contributed by atoms with E-state index in [9.17, 15) is 9.90 Å². The molecule has 0 saturated carbocycles. The van der Waals surface area contributed by atoms with Gasteiger partial charge in [-0.25, -0.2) is 0 Å². The highest BCUT2D eigenvalue weighted by atomic mass is 16.5. The van der Waals surface area contributed by atoms with Gasteiger partial charge in [-0.1, -0.05) is 0 Å². The Balaban J connectivity index is 1.96. The van der Waals surface area contributed by atoms with Crippen LogP contribution < -0.4 is 0 Å². The van der Waals surface area contributed by atoms with Gasteiger partial charge in [-0.15, -0.1) is 0 Å². The van der Waals surface area contributed by atoms with Gasteiger partial charge in [0.15, 0.2) is 0 Å². The minimum absolute atomic E-state index is 0.265. The molecule has 1 atom stereocenters. The van der Waals surface area contributed by atoms with Gasteiger partial charge in [0.05, 0.1) is 11.5 Å². The first-order valence-corrected chi connectivity index (χ1v) is 6.22. The quantitative estimate of drug-likeness (QED) is 0.783. The Labute approximate surface area is 102 Å². The van der Waals surface area contributed by atoms with Crippen molar-refractivity contribution in [3.05, 3.63) is 0 Å². The average molecular weight is 243 g/mol. The highest BCUT2D eigenvalue weighted by Gasteiger charge is 2.42. The summed E-state index contributed by atoms with van der Waals surface area (Å²) in [5.74, 6) is -0.679. The maximum atomic E-state index is 11.5. The molecule has 0 aromatic heterocycles. The minimum atomic E-state index is -0.679. The van der Waals surface area contributed by atoms with Crippen LogP contribution in [0, 0.1) is 5.41 Å². The molecule has 98 valence electrons. The van der Waals surface area contributed by atoms with E-state index in [1.54, 1.807) is 7.11 Å². The van der Waals surface area contributed by atoms with Crippen LogP contribution in [0.15, 0.2) is 0 Å². The minimum Gasteiger partial charge on any atom is -0.481 e. The van der Waals surface area contributed by atoms with Crippen LogP contribution in [0.3, 0.4) is 0 Å². The first kappa shape index (κ1) is 12.8. The lowest BCUT2D eigenvalue weighted by Crippen LogP contribution is -2.46. The summed E-state index contributed by atoms with van der Waals surface area (Å²) < 4.78 is 10.6. The van der Waals surface area contributed by atoms with Crippen LogP contribution in [0.2, 0.25) is 0 Å². The third kappa shape index (κ3) is 2.78. The van der Waals surface area contributed by atoms with Gasteiger partial charge >= 0.3 is 5.97 Å². The number of carboxylic acid groups (broad SMARTS) is 1. The van der Waals surface area contributed by atoms with E-state index in [0.717, 1.165) is 19.5 Å². The summed E-state index contributed by atoms with van der Waals surface area (Å²) in [6.07, 6.45) is 2.51. The molecule has 0 bridgehead atoms. The van der Waals surface area contributed by atoms with E-state index >= 15 is 0 Å². The van der Waals surface area contributed by atoms with Crippen LogP contribution >= 0.6 is 0 Å². The predicted octanol–water partition coefficient (Wildman–Crippen LogP) is 0.589. The number of aliphatic carboxylic acids is 1. The normalized spacial score (nSPS) is 29.4. The summed E-state index contributed by atoms with van der Waals surface area (Å²) in [6, 6.07) is 0. The standard InChI is InChI=1S/C12H21NO4/c1-16-10-2-5-13(8-10)9-12(11(14)15)3-6-17-7-4-12/h10H,2-9H2,1H3,(H,14,15). The second-order valence-electron chi connectivity index (χ2n) is 5.08. The highest BCUT2D eigenvalue weighted by molar-refractivity contribution is 5.75. The van der Waals surface area contributed by atoms with Gasteiger partial charge in [-0.05, 0) is 19.3 Å². The fourth-order valence-corrected chi connectivity index (χ4v) is 2.76. The molecule has 2 rings (SSSR count). The summed E-state index contributed by atoms with van der Waals surface area (Å²) in [5.41, 5.74) is -0.610. The van der Waals surface area contributed by atoms with Crippen molar-refractivity contribution in [2.45, 2.75) is 25.4 Å². The van der Waals surface area contributed by atoms with Crippen molar-refractivity contribution >= 4 is 5.97 Å². The van der Waals surface area contributed by atoms with Crippen molar-refractivity contribution in [2.75, 3.05) is 40.0 Å². The molecule has 0 spiro atoms. The fraction of sp³-hybridized carbons (Fsp3) is 0.917. The first-order valence-electron chi connectivity index (χ1n) is 6.22. The van der Waals surface area contributed by atoms with Crippen molar-refractivity contribution in [3.8, 4) is 0 Å². The molecule has 5 nitrogen and oxygen atoms in total. The van der Waals surface area contributed by atoms with Gasteiger partial charge in [0.25, 0.3) is 0 Å². The lowest BCUT2D eigenvalue weighted by molar-refractivity contribution is -0.156. The molecule has 2 heterocycles. The number of hydrogen-bond acceptors (Lipinski definition) is 4. The van der Waals surface area contributed by atoms with Crippen LogP contribution in [0.1, 0.15) is 19.3 Å². The van der Waals surface area contributed by atoms with Crippen LogP contribution in [0.5, 0.6) is 0 Å². The number of ether oxygens (including phenoxy) is 2. The second-order valence-corrected chi connectivity index (χ2v) is 5.08. The topological polar surface area (TPSA) is 59.0 Å². The average Bonchev–Trinajstić information content (AvgIpc) is 2.77.